The minimum Gasteiger partial charge on any atom is -0.371 e. The Morgan fingerprint density at radius 3 is 2.70 bits per heavy atom. The fourth-order valence-electron chi connectivity index (χ4n) is 4.25. The summed E-state index contributed by atoms with van der Waals surface area (Å²) in [5.74, 6) is -0.348. The van der Waals surface area contributed by atoms with Crippen LogP contribution in [0.1, 0.15) is 43.7 Å². The minimum absolute atomic E-state index is 0.211. The normalized spacial score (nSPS) is 21.5. The lowest BCUT2D eigenvalue weighted by atomic mass is 9.92. The standard InChI is InChI=1S/C20H24N4O3/c1-23-17-12-14(24-9-6-13(7-10-24)8-11-25)2-3-15(17)19(22-23)16-4-5-18(26)21-20(16)27/h2-3,11-13,16H,4-10H2,1H3,(H,21,26,27). The number of aromatic nitrogens is 2. The van der Waals surface area contributed by atoms with Crippen molar-refractivity contribution in [1.82, 2.24) is 15.1 Å². The first-order valence-corrected chi connectivity index (χ1v) is 9.55. The summed E-state index contributed by atoms with van der Waals surface area (Å²) in [5.41, 5.74) is 2.88. The van der Waals surface area contributed by atoms with Gasteiger partial charge in [0.25, 0.3) is 0 Å². The first-order valence-electron chi connectivity index (χ1n) is 9.55. The molecule has 1 aromatic heterocycles. The van der Waals surface area contributed by atoms with Crippen LogP contribution in [0.15, 0.2) is 18.2 Å². The van der Waals surface area contributed by atoms with Gasteiger partial charge in [-0.2, -0.15) is 5.10 Å². The molecule has 0 aliphatic carbocycles. The number of imide groups is 1. The molecule has 2 aromatic rings. The smallest absolute Gasteiger partial charge is 0.235 e. The van der Waals surface area contributed by atoms with Gasteiger partial charge < -0.3 is 9.69 Å². The van der Waals surface area contributed by atoms with Crippen molar-refractivity contribution in [3.05, 3.63) is 23.9 Å². The molecule has 2 amide bonds. The fraction of sp³-hybridized carbons (Fsp3) is 0.500. The van der Waals surface area contributed by atoms with E-state index in [9.17, 15) is 14.4 Å². The van der Waals surface area contributed by atoms with E-state index in [2.05, 4.69) is 27.4 Å². The van der Waals surface area contributed by atoms with Crippen LogP contribution >= 0.6 is 0 Å². The molecule has 1 unspecified atom stereocenters. The highest BCUT2D eigenvalue weighted by Crippen LogP contribution is 2.33. The number of carbonyl (C=O) groups excluding carboxylic acids is 3. The van der Waals surface area contributed by atoms with Crippen LogP contribution < -0.4 is 10.2 Å². The number of anilines is 1. The van der Waals surface area contributed by atoms with Gasteiger partial charge in [0.1, 0.15) is 6.29 Å². The van der Waals surface area contributed by atoms with Gasteiger partial charge in [-0.15, -0.1) is 0 Å². The maximum atomic E-state index is 12.2. The van der Waals surface area contributed by atoms with Crippen LogP contribution in [-0.4, -0.2) is 41.0 Å². The third-order valence-electron chi connectivity index (χ3n) is 5.84. The first-order chi connectivity index (χ1) is 13.1. The van der Waals surface area contributed by atoms with Crippen molar-refractivity contribution in [2.24, 2.45) is 13.0 Å². The van der Waals surface area contributed by atoms with Crippen LogP contribution in [0.4, 0.5) is 5.69 Å². The van der Waals surface area contributed by atoms with E-state index in [-0.39, 0.29) is 17.7 Å². The van der Waals surface area contributed by atoms with Crippen LogP contribution in [0.25, 0.3) is 10.9 Å². The molecule has 3 heterocycles. The number of nitrogens with one attached hydrogen (secondary N) is 1. The number of hydrogen-bond acceptors (Lipinski definition) is 5. The van der Waals surface area contributed by atoms with Crippen molar-refractivity contribution in [2.45, 2.75) is 38.0 Å². The Bertz CT molecular complexity index is 896. The molecule has 0 bridgehead atoms. The molecule has 2 fully saturated rings. The molecule has 142 valence electrons. The highest BCUT2D eigenvalue weighted by Gasteiger charge is 2.31. The molecular weight excluding hydrogens is 344 g/mol. The second-order valence-corrected chi connectivity index (χ2v) is 7.55. The molecule has 7 heteroatoms. The van der Waals surface area contributed by atoms with Crippen molar-refractivity contribution in [2.75, 3.05) is 18.0 Å². The van der Waals surface area contributed by atoms with Crippen LogP contribution in [0, 0.1) is 5.92 Å². The molecule has 27 heavy (non-hydrogen) atoms. The Morgan fingerprint density at radius 2 is 2.00 bits per heavy atom. The molecule has 2 saturated heterocycles. The molecule has 0 spiro atoms. The van der Waals surface area contributed by atoms with Crippen molar-refractivity contribution >= 4 is 34.7 Å². The number of benzene rings is 1. The second kappa shape index (κ2) is 7.13. The predicted octanol–water partition coefficient (Wildman–Crippen LogP) is 1.90. The predicted molar refractivity (Wildman–Crippen MR) is 101 cm³/mol. The zero-order chi connectivity index (χ0) is 19.0. The van der Waals surface area contributed by atoms with Crippen molar-refractivity contribution in [3.8, 4) is 0 Å². The van der Waals surface area contributed by atoms with Gasteiger partial charge in [-0.25, -0.2) is 0 Å². The Labute approximate surface area is 157 Å². The maximum Gasteiger partial charge on any atom is 0.235 e. The fourth-order valence-corrected chi connectivity index (χ4v) is 4.25. The summed E-state index contributed by atoms with van der Waals surface area (Å²) in [7, 11) is 1.89. The van der Waals surface area contributed by atoms with Crippen molar-refractivity contribution in [1.29, 1.82) is 0 Å². The molecule has 0 radical (unpaired) electrons. The van der Waals surface area contributed by atoms with Gasteiger partial charge in [0.05, 0.1) is 17.1 Å². The van der Waals surface area contributed by atoms with Crippen LogP contribution in [0.5, 0.6) is 0 Å². The molecule has 2 aliphatic heterocycles. The van der Waals surface area contributed by atoms with Gasteiger partial charge in [-0.3, -0.25) is 19.6 Å². The van der Waals surface area contributed by atoms with Crippen LogP contribution in [-0.2, 0) is 21.4 Å². The lowest BCUT2D eigenvalue weighted by Gasteiger charge is -2.33. The minimum atomic E-state index is -0.378. The quantitative estimate of drug-likeness (QED) is 0.658. The summed E-state index contributed by atoms with van der Waals surface area (Å²) >= 11 is 0. The summed E-state index contributed by atoms with van der Waals surface area (Å²) in [6.07, 6.45) is 4.60. The van der Waals surface area contributed by atoms with Crippen molar-refractivity contribution < 1.29 is 14.4 Å². The molecule has 4 rings (SSSR count). The monoisotopic (exact) mass is 368 g/mol. The SMILES string of the molecule is Cn1nc(C2CCC(=O)NC2=O)c2ccc(N3CCC(CC=O)CC3)cc21. The number of fused-ring (bicyclic) bond motifs is 1. The third kappa shape index (κ3) is 3.34. The van der Waals surface area contributed by atoms with Crippen LogP contribution in [0.2, 0.25) is 0 Å². The summed E-state index contributed by atoms with van der Waals surface area (Å²) in [4.78, 5) is 36.7. The average molecular weight is 368 g/mol. The second-order valence-electron chi connectivity index (χ2n) is 7.55. The Hall–Kier alpha value is -2.70. The number of aldehydes is 1. The van der Waals surface area contributed by atoms with E-state index in [1.165, 1.54) is 0 Å². The number of aryl methyl sites for hydroxylation is 1. The molecular formula is C20H24N4O3. The molecule has 1 aromatic carbocycles. The highest BCUT2D eigenvalue weighted by atomic mass is 16.2. The largest absolute Gasteiger partial charge is 0.371 e. The first kappa shape index (κ1) is 17.7. The number of amides is 2. The Kier molecular flexibility index (Phi) is 4.68. The van der Waals surface area contributed by atoms with E-state index in [1.54, 1.807) is 0 Å². The zero-order valence-electron chi connectivity index (χ0n) is 15.5. The topological polar surface area (TPSA) is 84.3 Å². The number of carbonyl (C=O) groups is 3. The Morgan fingerprint density at radius 1 is 1.22 bits per heavy atom. The van der Waals surface area contributed by atoms with E-state index >= 15 is 0 Å². The van der Waals surface area contributed by atoms with Gasteiger partial charge >= 0.3 is 0 Å². The maximum absolute atomic E-state index is 12.2. The number of rotatable bonds is 4. The van der Waals surface area contributed by atoms with Gasteiger partial charge in [0.2, 0.25) is 11.8 Å². The highest BCUT2D eigenvalue weighted by molar-refractivity contribution is 6.02. The van der Waals surface area contributed by atoms with Crippen molar-refractivity contribution in [3.63, 3.8) is 0 Å². The van der Waals surface area contributed by atoms with E-state index in [1.807, 2.05) is 17.8 Å². The lowest BCUT2D eigenvalue weighted by Crippen LogP contribution is -2.39. The van der Waals surface area contributed by atoms with E-state index in [0.717, 1.165) is 54.5 Å². The molecule has 7 nitrogen and oxygen atoms in total. The summed E-state index contributed by atoms with van der Waals surface area (Å²) in [6, 6.07) is 6.24. The number of piperidine rings is 2. The molecule has 0 saturated carbocycles. The summed E-state index contributed by atoms with van der Waals surface area (Å²) < 4.78 is 1.82. The Balaban J connectivity index is 1.59. The third-order valence-corrected chi connectivity index (χ3v) is 5.84. The van der Waals surface area contributed by atoms with Gasteiger partial charge in [0, 0.05) is 44.1 Å². The van der Waals surface area contributed by atoms with Gasteiger partial charge in [-0.05, 0) is 43.4 Å². The summed E-state index contributed by atoms with van der Waals surface area (Å²) in [5, 5.41) is 7.98. The lowest BCUT2D eigenvalue weighted by molar-refractivity contribution is -0.134. The van der Waals surface area contributed by atoms with Gasteiger partial charge in [-0.1, -0.05) is 0 Å². The van der Waals surface area contributed by atoms with E-state index in [4.69, 9.17) is 0 Å². The number of nitrogens with zero attached hydrogens (tertiary/aromatic N) is 3. The van der Waals surface area contributed by atoms with E-state index in [0.29, 0.717) is 25.2 Å². The van der Waals surface area contributed by atoms with Crippen LogP contribution in [0.3, 0.4) is 0 Å². The van der Waals surface area contributed by atoms with Gasteiger partial charge in [0.15, 0.2) is 0 Å². The molecule has 1 atom stereocenters. The molecule has 2 aliphatic rings. The zero-order valence-corrected chi connectivity index (χ0v) is 15.5. The van der Waals surface area contributed by atoms with E-state index < -0.39 is 0 Å². The molecule has 1 N–H and O–H groups in total. The average Bonchev–Trinajstić information content (AvgIpc) is 2.99. The summed E-state index contributed by atoms with van der Waals surface area (Å²) in [6.45, 7) is 1.89. The number of hydrogen-bond donors (Lipinski definition) is 1.